The van der Waals surface area contributed by atoms with Crippen molar-refractivity contribution in [3.05, 3.63) is 65.6 Å². The third kappa shape index (κ3) is 2.64. The summed E-state index contributed by atoms with van der Waals surface area (Å²) in [5, 5.41) is 1.11. The van der Waals surface area contributed by atoms with E-state index in [9.17, 15) is 9.18 Å². The van der Waals surface area contributed by atoms with Crippen molar-refractivity contribution in [3.8, 4) is 0 Å². The van der Waals surface area contributed by atoms with Crippen LogP contribution in [0.1, 0.15) is 16.1 Å². The minimum atomic E-state index is -0.211. The molecule has 0 radical (unpaired) electrons. The number of rotatable bonds is 2. The van der Waals surface area contributed by atoms with Crippen molar-refractivity contribution in [1.29, 1.82) is 0 Å². The minimum absolute atomic E-state index is 0.0504. The topological polar surface area (TPSA) is 28.5 Å². The van der Waals surface area contributed by atoms with Crippen LogP contribution < -0.4 is 4.90 Å². The first-order valence-corrected chi connectivity index (χ1v) is 8.90. The number of carbonyl (C=O) groups is 1. The van der Waals surface area contributed by atoms with Gasteiger partial charge in [-0.25, -0.2) is 4.39 Å². The van der Waals surface area contributed by atoms with E-state index < -0.39 is 0 Å². The zero-order valence-corrected chi connectivity index (χ0v) is 15.1. The van der Waals surface area contributed by atoms with Gasteiger partial charge in [-0.05, 0) is 30.7 Å². The van der Waals surface area contributed by atoms with Crippen LogP contribution in [0.3, 0.4) is 0 Å². The molecule has 0 spiro atoms. The molecule has 1 aromatic heterocycles. The molecule has 0 bridgehead atoms. The molecule has 1 amide bonds. The predicted molar refractivity (Wildman–Crippen MR) is 102 cm³/mol. The molecule has 0 N–H and O–H groups in total. The number of fused-ring (bicyclic) bond motifs is 1. The van der Waals surface area contributed by atoms with Crippen molar-refractivity contribution in [2.24, 2.45) is 7.05 Å². The van der Waals surface area contributed by atoms with E-state index in [4.69, 9.17) is 0 Å². The molecule has 0 aliphatic carbocycles. The number of halogens is 1. The van der Waals surface area contributed by atoms with E-state index in [1.807, 2.05) is 52.6 Å². The van der Waals surface area contributed by atoms with Crippen LogP contribution in [0.25, 0.3) is 10.9 Å². The van der Waals surface area contributed by atoms with E-state index in [0.29, 0.717) is 31.9 Å². The summed E-state index contributed by atoms with van der Waals surface area (Å²) < 4.78 is 16.0. The number of aryl methyl sites for hydroxylation is 2. The molecule has 4 nitrogen and oxygen atoms in total. The molecule has 0 atom stereocenters. The standard InChI is InChI=1S/C21H22FN3O/c1-15-16-7-3-5-9-18(16)23(2)20(15)21(26)25-13-11-24(12-14-25)19-10-6-4-8-17(19)22/h3-10H,11-14H2,1-2H3. The number of nitrogens with zero attached hydrogens (tertiary/aromatic N) is 3. The van der Waals surface area contributed by atoms with E-state index in [2.05, 4.69) is 6.07 Å². The highest BCUT2D eigenvalue weighted by Crippen LogP contribution is 2.26. The van der Waals surface area contributed by atoms with Gasteiger partial charge in [-0.1, -0.05) is 30.3 Å². The zero-order chi connectivity index (χ0) is 18.3. The van der Waals surface area contributed by atoms with Crippen molar-refractivity contribution in [3.63, 3.8) is 0 Å². The summed E-state index contributed by atoms with van der Waals surface area (Å²) in [4.78, 5) is 17.0. The molecule has 5 heteroatoms. The molecule has 1 fully saturated rings. The van der Waals surface area contributed by atoms with Crippen molar-refractivity contribution >= 4 is 22.5 Å². The van der Waals surface area contributed by atoms with Crippen molar-refractivity contribution < 1.29 is 9.18 Å². The molecule has 0 saturated carbocycles. The average Bonchev–Trinajstić information content (AvgIpc) is 2.93. The van der Waals surface area contributed by atoms with Crippen LogP contribution >= 0.6 is 0 Å². The van der Waals surface area contributed by atoms with E-state index in [1.165, 1.54) is 6.07 Å². The monoisotopic (exact) mass is 351 g/mol. The molecule has 1 saturated heterocycles. The maximum atomic E-state index is 14.0. The Balaban J connectivity index is 1.55. The fourth-order valence-electron chi connectivity index (χ4n) is 3.90. The number of hydrogen-bond donors (Lipinski definition) is 0. The molecule has 0 unspecified atom stereocenters. The summed E-state index contributed by atoms with van der Waals surface area (Å²) in [7, 11) is 1.94. The number of piperazine rings is 1. The van der Waals surface area contributed by atoms with Gasteiger partial charge in [0.05, 0.1) is 5.69 Å². The number of anilines is 1. The summed E-state index contributed by atoms with van der Waals surface area (Å²) in [6.45, 7) is 4.46. The van der Waals surface area contributed by atoms with E-state index in [1.54, 1.807) is 12.1 Å². The van der Waals surface area contributed by atoms with Gasteiger partial charge in [-0.15, -0.1) is 0 Å². The molecule has 1 aliphatic heterocycles. The lowest BCUT2D eigenvalue weighted by molar-refractivity contribution is 0.0736. The smallest absolute Gasteiger partial charge is 0.270 e. The van der Waals surface area contributed by atoms with Crippen LogP contribution in [0.5, 0.6) is 0 Å². The Kier molecular flexibility index (Phi) is 4.15. The van der Waals surface area contributed by atoms with Gasteiger partial charge >= 0.3 is 0 Å². The quantitative estimate of drug-likeness (QED) is 0.706. The fraction of sp³-hybridized carbons (Fsp3) is 0.286. The highest BCUT2D eigenvalue weighted by atomic mass is 19.1. The molecule has 2 heterocycles. The number of hydrogen-bond acceptors (Lipinski definition) is 2. The number of carbonyl (C=O) groups excluding carboxylic acids is 1. The van der Waals surface area contributed by atoms with Gasteiger partial charge in [0, 0.05) is 44.1 Å². The third-order valence-corrected chi connectivity index (χ3v) is 5.32. The molecular formula is C21H22FN3O. The maximum Gasteiger partial charge on any atom is 0.270 e. The zero-order valence-electron chi connectivity index (χ0n) is 15.1. The SMILES string of the molecule is Cc1c(C(=O)N2CCN(c3ccccc3F)CC2)n(C)c2ccccc12. The first-order chi connectivity index (χ1) is 12.6. The summed E-state index contributed by atoms with van der Waals surface area (Å²) in [5.41, 5.74) is 3.44. The van der Waals surface area contributed by atoms with Gasteiger partial charge in [0.2, 0.25) is 0 Å². The first kappa shape index (κ1) is 16.6. The van der Waals surface area contributed by atoms with E-state index in [0.717, 1.165) is 22.2 Å². The average molecular weight is 351 g/mol. The second-order valence-corrected chi connectivity index (χ2v) is 6.78. The highest BCUT2D eigenvalue weighted by Gasteiger charge is 2.27. The highest BCUT2D eigenvalue weighted by molar-refractivity contribution is 6.01. The predicted octanol–water partition coefficient (Wildman–Crippen LogP) is 3.59. The Morgan fingerprint density at radius 2 is 1.62 bits per heavy atom. The Morgan fingerprint density at radius 3 is 2.31 bits per heavy atom. The second kappa shape index (κ2) is 6.48. The van der Waals surface area contributed by atoms with Crippen molar-refractivity contribution in [1.82, 2.24) is 9.47 Å². The van der Waals surface area contributed by atoms with Gasteiger partial charge in [-0.2, -0.15) is 0 Å². The Bertz CT molecular complexity index is 932. The van der Waals surface area contributed by atoms with Crippen molar-refractivity contribution in [2.75, 3.05) is 31.1 Å². The van der Waals surface area contributed by atoms with Gasteiger partial charge in [-0.3, -0.25) is 4.79 Å². The van der Waals surface area contributed by atoms with Gasteiger partial charge in [0.1, 0.15) is 11.5 Å². The molecular weight excluding hydrogens is 329 g/mol. The molecule has 134 valence electrons. The van der Waals surface area contributed by atoms with Gasteiger partial charge in [0.25, 0.3) is 5.91 Å². The number of amides is 1. The lowest BCUT2D eigenvalue weighted by atomic mass is 10.1. The van der Waals surface area contributed by atoms with E-state index in [-0.39, 0.29) is 11.7 Å². The molecule has 2 aromatic carbocycles. The largest absolute Gasteiger partial charge is 0.366 e. The van der Waals surface area contributed by atoms with Crippen molar-refractivity contribution in [2.45, 2.75) is 6.92 Å². The van der Waals surface area contributed by atoms with Crippen LogP contribution in [0.15, 0.2) is 48.5 Å². The van der Waals surface area contributed by atoms with Crippen LogP contribution in [-0.2, 0) is 7.05 Å². The summed E-state index contributed by atoms with van der Waals surface area (Å²) >= 11 is 0. The molecule has 1 aliphatic rings. The number of para-hydroxylation sites is 2. The van der Waals surface area contributed by atoms with Crippen LogP contribution in [0, 0.1) is 12.7 Å². The fourth-order valence-corrected chi connectivity index (χ4v) is 3.90. The molecule has 4 rings (SSSR count). The Morgan fingerprint density at radius 1 is 0.962 bits per heavy atom. The van der Waals surface area contributed by atoms with E-state index >= 15 is 0 Å². The Hall–Kier alpha value is -2.82. The van der Waals surface area contributed by atoms with Crippen LogP contribution in [-0.4, -0.2) is 41.6 Å². The second-order valence-electron chi connectivity index (χ2n) is 6.78. The minimum Gasteiger partial charge on any atom is -0.366 e. The summed E-state index contributed by atoms with van der Waals surface area (Å²) in [5.74, 6) is -0.161. The van der Waals surface area contributed by atoms with Gasteiger partial charge in [0.15, 0.2) is 0 Å². The summed E-state index contributed by atoms with van der Waals surface area (Å²) in [6.07, 6.45) is 0. The lowest BCUT2D eigenvalue weighted by Crippen LogP contribution is -2.49. The van der Waals surface area contributed by atoms with Crippen LogP contribution in [0.4, 0.5) is 10.1 Å². The normalized spacial score (nSPS) is 14.9. The Labute approximate surface area is 152 Å². The third-order valence-electron chi connectivity index (χ3n) is 5.32. The van der Waals surface area contributed by atoms with Gasteiger partial charge < -0.3 is 14.4 Å². The number of aromatic nitrogens is 1. The lowest BCUT2D eigenvalue weighted by Gasteiger charge is -2.36. The van der Waals surface area contributed by atoms with Crippen LogP contribution in [0.2, 0.25) is 0 Å². The molecule has 3 aromatic rings. The first-order valence-electron chi connectivity index (χ1n) is 8.90. The number of benzene rings is 2. The summed E-state index contributed by atoms with van der Waals surface area (Å²) in [6, 6.07) is 14.9. The molecule has 26 heavy (non-hydrogen) atoms. The maximum absolute atomic E-state index is 14.0.